The molecule has 2 amide bonds. The van der Waals surface area contributed by atoms with Crippen LogP contribution in [0.15, 0.2) is 42.5 Å². The molecule has 6 heteroatoms. The van der Waals surface area contributed by atoms with Gasteiger partial charge in [0.2, 0.25) is 5.91 Å². The average Bonchev–Trinajstić information content (AvgIpc) is 2.70. The van der Waals surface area contributed by atoms with E-state index in [9.17, 15) is 9.59 Å². The Balaban J connectivity index is 1.68. The largest absolute Gasteiger partial charge is 0.492 e. The average molecular weight is 401 g/mol. The summed E-state index contributed by atoms with van der Waals surface area (Å²) in [7, 11) is 3.45. The normalized spacial score (nSPS) is 15.4. The zero-order valence-corrected chi connectivity index (χ0v) is 17.2. The third-order valence-corrected chi connectivity index (χ3v) is 5.19. The molecule has 0 aliphatic carbocycles. The Morgan fingerprint density at radius 3 is 2.50 bits per heavy atom. The van der Waals surface area contributed by atoms with Gasteiger partial charge in [0.15, 0.2) is 0 Å². The number of nitrogens with zero attached hydrogens (tertiary/aromatic N) is 2. The van der Waals surface area contributed by atoms with Gasteiger partial charge in [-0.05, 0) is 54.8 Å². The molecule has 0 radical (unpaired) electrons. The predicted molar refractivity (Wildman–Crippen MR) is 110 cm³/mol. The van der Waals surface area contributed by atoms with Gasteiger partial charge in [0.1, 0.15) is 12.4 Å². The maximum Gasteiger partial charge on any atom is 0.253 e. The molecule has 0 bridgehead atoms. The molecule has 148 valence electrons. The molecule has 0 N–H and O–H groups in total. The quantitative estimate of drug-likeness (QED) is 0.769. The Kier molecular flexibility index (Phi) is 6.25. The molecule has 3 rings (SSSR count). The predicted octanol–water partition coefficient (Wildman–Crippen LogP) is 3.64. The number of amides is 2. The van der Waals surface area contributed by atoms with Gasteiger partial charge in [0.05, 0.1) is 5.92 Å². The van der Waals surface area contributed by atoms with Gasteiger partial charge in [-0.2, -0.15) is 0 Å². The van der Waals surface area contributed by atoms with Gasteiger partial charge in [0, 0.05) is 37.8 Å². The van der Waals surface area contributed by atoms with Crippen molar-refractivity contribution in [3.8, 4) is 5.75 Å². The number of carbonyl (C=O) groups excluding carboxylic acids is 2. The van der Waals surface area contributed by atoms with Crippen molar-refractivity contribution in [2.75, 3.05) is 27.2 Å². The summed E-state index contributed by atoms with van der Waals surface area (Å²) < 4.78 is 5.77. The minimum atomic E-state index is -0.222. The Morgan fingerprint density at radius 1 is 1.14 bits per heavy atom. The maximum atomic E-state index is 13.0. The van der Waals surface area contributed by atoms with E-state index in [2.05, 4.69) is 0 Å². The third-order valence-electron chi connectivity index (χ3n) is 4.95. The standard InChI is InChI=1S/C22H25ClN2O3/c1-4-25(13-15-5-7-16(8-6-15)21(26)24(2)3)22(27)18-11-17-12-19(23)9-10-20(17)28-14-18/h5-10,12,18H,4,11,13-14H2,1-3H3. The van der Waals surface area contributed by atoms with Crippen molar-refractivity contribution < 1.29 is 14.3 Å². The van der Waals surface area contributed by atoms with Gasteiger partial charge in [0.25, 0.3) is 5.91 Å². The van der Waals surface area contributed by atoms with Crippen LogP contribution < -0.4 is 4.74 Å². The molecule has 1 unspecified atom stereocenters. The second-order valence-electron chi connectivity index (χ2n) is 7.21. The van der Waals surface area contributed by atoms with Crippen LogP contribution in [0.3, 0.4) is 0 Å². The second kappa shape index (κ2) is 8.65. The highest BCUT2D eigenvalue weighted by Gasteiger charge is 2.29. The van der Waals surface area contributed by atoms with Crippen molar-refractivity contribution in [1.29, 1.82) is 0 Å². The first-order valence-corrected chi connectivity index (χ1v) is 9.77. The molecule has 28 heavy (non-hydrogen) atoms. The highest BCUT2D eigenvalue weighted by atomic mass is 35.5. The van der Waals surface area contributed by atoms with Gasteiger partial charge in [-0.1, -0.05) is 23.7 Å². The topological polar surface area (TPSA) is 49.9 Å². The van der Waals surface area contributed by atoms with Crippen molar-refractivity contribution in [3.05, 3.63) is 64.2 Å². The lowest BCUT2D eigenvalue weighted by atomic mass is 9.95. The van der Waals surface area contributed by atoms with E-state index in [1.54, 1.807) is 37.2 Å². The lowest BCUT2D eigenvalue weighted by Gasteiger charge is -2.30. The summed E-state index contributed by atoms with van der Waals surface area (Å²) in [5.74, 6) is 0.617. The Labute approximate surface area is 170 Å². The summed E-state index contributed by atoms with van der Waals surface area (Å²) in [6, 6.07) is 12.9. The fourth-order valence-corrected chi connectivity index (χ4v) is 3.55. The number of rotatable bonds is 5. The number of halogens is 1. The molecular weight excluding hydrogens is 376 g/mol. The highest BCUT2D eigenvalue weighted by Crippen LogP contribution is 2.30. The summed E-state index contributed by atoms with van der Waals surface area (Å²) in [4.78, 5) is 28.4. The molecular formula is C22H25ClN2O3. The third kappa shape index (κ3) is 4.47. The van der Waals surface area contributed by atoms with Crippen LogP contribution in [-0.4, -0.2) is 48.9 Å². The van der Waals surface area contributed by atoms with Gasteiger partial charge in [-0.3, -0.25) is 9.59 Å². The van der Waals surface area contributed by atoms with Gasteiger partial charge >= 0.3 is 0 Å². The van der Waals surface area contributed by atoms with E-state index in [-0.39, 0.29) is 17.7 Å². The van der Waals surface area contributed by atoms with E-state index >= 15 is 0 Å². The zero-order chi connectivity index (χ0) is 20.3. The van der Waals surface area contributed by atoms with Crippen LogP contribution >= 0.6 is 11.6 Å². The molecule has 1 atom stereocenters. The molecule has 1 aliphatic rings. The summed E-state index contributed by atoms with van der Waals surface area (Å²) in [6.45, 7) is 3.46. The van der Waals surface area contributed by atoms with Crippen LogP contribution in [0.2, 0.25) is 5.02 Å². The molecule has 5 nitrogen and oxygen atoms in total. The molecule has 0 spiro atoms. The smallest absolute Gasteiger partial charge is 0.253 e. The van der Waals surface area contributed by atoms with E-state index in [1.807, 2.05) is 36.1 Å². The number of benzene rings is 2. The van der Waals surface area contributed by atoms with E-state index in [4.69, 9.17) is 16.3 Å². The Morgan fingerprint density at radius 2 is 1.86 bits per heavy atom. The Hall–Kier alpha value is -2.53. The highest BCUT2D eigenvalue weighted by molar-refractivity contribution is 6.30. The molecule has 1 heterocycles. The van der Waals surface area contributed by atoms with Crippen LogP contribution in [0.5, 0.6) is 5.75 Å². The van der Waals surface area contributed by atoms with Crippen LogP contribution in [0.25, 0.3) is 0 Å². The van der Waals surface area contributed by atoms with Crippen LogP contribution in [0.1, 0.15) is 28.4 Å². The van der Waals surface area contributed by atoms with Crippen molar-refractivity contribution in [2.45, 2.75) is 19.9 Å². The number of fused-ring (bicyclic) bond motifs is 1. The second-order valence-corrected chi connectivity index (χ2v) is 7.65. The minimum Gasteiger partial charge on any atom is -0.492 e. The monoisotopic (exact) mass is 400 g/mol. The maximum absolute atomic E-state index is 13.0. The van der Waals surface area contributed by atoms with Gasteiger partial charge in [-0.25, -0.2) is 0 Å². The molecule has 0 saturated carbocycles. The summed E-state index contributed by atoms with van der Waals surface area (Å²) in [6.07, 6.45) is 0.626. The lowest BCUT2D eigenvalue weighted by Crippen LogP contribution is -2.40. The van der Waals surface area contributed by atoms with Crippen molar-refractivity contribution >= 4 is 23.4 Å². The van der Waals surface area contributed by atoms with E-state index in [0.29, 0.717) is 36.7 Å². The molecule has 0 saturated heterocycles. The van der Waals surface area contributed by atoms with E-state index in [1.165, 1.54) is 0 Å². The fraction of sp³-hybridized carbons (Fsp3) is 0.364. The number of hydrogen-bond donors (Lipinski definition) is 0. The summed E-state index contributed by atoms with van der Waals surface area (Å²) in [5, 5.41) is 0.648. The Bertz CT molecular complexity index is 865. The van der Waals surface area contributed by atoms with Crippen LogP contribution in [-0.2, 0) is 17.8 Å². The molecule has 0 aromatic heterocycles. The van der Waals surface area contributed by atoms with Gasteiger partial charge in [-0.15, -0.1) is 0 Å². The van der Waals surface area contributed by atoms with E-state index in [0.717, 1.165) is 16.9 Å². The fourth-order valence-electron chi connectivity index (χ4n) is 3.36. The summed E-state index contributed by atoms with van der Waals surface area (Å²) >= 11 is 6.08. The first-order valence-electron chi connectivity index (χ1n) is 9.39. The first kappa shape index (κ1) is 20.2. The minimum absolute atomic E-state index is 0.0355. The molecule has 2 aromatic rings. The summed E-state index contributed by atoms with van der Waals surface area (Å²) in [5.41, 5.74) is 2.60. The molecule has 1 aliphatic heterocycles. The lowest BCUT2D eigenvalue weighted by molar-refractivity contribution is -0.137. The first-order chi connectivity index (χ1) is 13.4. The van der Waals surface area contributed by atoms with Crippen LogP contribution in [0.4, 0.5) is 0 Å². The van der Waals surface area contributed by atoms with Crippen LogP contribution in [0, 0.1) is 5.92 Å². The number of ether oxygens (including phenoxy) is 1. The molecule has 2 aromatic carbocycles. The SMILES string of the molecule is CCN(Cc1ccc(C(=O)N(C)C)cc1)C(=O)C1COc2ccc(Cl)cc2C1. The number of hydrogen-bond acceptors (Lipinski definition) is 3. The molecule has 0 fully saturated rings. The zero-order valence-electron chi connectivity index (χ0n) is 16.4. The van der Waals surface area contributed by atoms with E-state index < -0.39 is 0 Å². The van der Waals surface area contributed by atoms with Crippen molar-refractivity contribution in [2.24, 2.45) is 5.92 Å². The van der Waals surface area contributed by atoms with Gasteiger partial charge < -0.3 is 14.5 Å². The number of carbonyl (C=O) groups is 2. The van der Waals surface area contributed by atoms with Crippen molar-refractivity contribution in [1.82, 2.24) is 9.80 Å². The van der Waals surface area contributed by atoms with Crippen molar-refractivity contribution in [3.63, 3.8) is 0 Å².